The Morgan fingerprint density at radius 2 is 1.89 bits per heavy atom. The van der Waals surface area contributed by atoms with E-state index < -0.39 is 12.4 Å². The summed E-state index contributed by atoms with van der Waals surface area (Å²) in [6, 6.07) is 12.3. The molecule has 4 aromatic rings. The van der Waals surface area contributed by atoms with E-state index in [0.29, 0.717) is 30.0 Å². The molecule has 0 saturated carbocycles. The maximum absolute atomic E-state index is 13.6. The number of ether oxygens (including phenoxy) is 1. The van der Waals surface area contributed by atoms with Gasteiger partial charge < -0.3 is 14.2 Å². The van der Waals surface area contributed by atoms with Crippen LogP contribution in [0.4, 0.5) is 13.2 Å². The largest absolute Gasteiger partial charge is 0.573 e. The van der Waals surface area contributed by atoms with Crippen LogP contribution >= 0.6 is 0 Å². The Balaban J connectivity index is 1.45. The van der Waals surface area contributed by atoms with E-state index >= 15 is 0 Å². The third-order valence-electron chi connectivity index (χ3n) is 5.78. The molecule has 0 radical (unpaired) electrons. The van der Waals surface area contributed by atoms with Gasteiger partial charge in [0, 0.05) is 18.2 Å². The lowest BCUT2D eigenvalue weighted by molar-refractivity contribution is -0.274. The molecule has 0 bridgehead atoms. The average Bonchev–Trinajstić information content (AvgIpc) is 3.59. The molecule has 1 aliphatic heterocycles. The number of aromatic nitrogens is 4. The maximum atomic E-state index is 13.6. The Hall–Kier alpha value is -4.15. The number of alkyl halides is 3. The first-order valence-corrected chi connectivity index (χ1v) is 10.9. The van der Waals surface area contributed by atoms with Crippen molar-refractivity contribution in [3.05, 3.63) is 77.8 Å². The highest BCUT2D eigenvalue weighted by Gasteiger charge is 2.36. The van der Waals surface area contributed by atoms with Crippen molar-refractivity contribution >= 4 is 5.91 Å². The minimum absolute atomic E-state index is 0.140. The molecule has 0 unspecified atom stereocenters. The molecular weight excluding hydrogens is 463 g/mol. The maximum Gasteiger partial charge on any atom is 0.573 e. The van der Waals surface area contributed by atoms with Gasteiger partial charge in [-0.25, -0.2) is 0 Å². The fraction of sp³-hybridized carbons (Fsp3) is 0.250. The highest BCUT2D eigenvalue weighted by atomic mass is 19.4. The first kappa shape index (κ1) is 22.6. The summed E-state index contributed by atoms with van der Waals surface area (Å²) in [7, 11) is 0. The lowest BCUT2D eigenvalue weighted by Gasteiger charge is -2.24. The Labute approximate surface area is 197 Å². The second-order valence-corrected chi connectivity index (χ2v) is 8.15. The van der Waals surface area contributed by atoms with E-state index in [1.807, 2.05) is 13.0 Å². The molecule has 0 spiro atoms. The predicted octanol–water partition coefficient (Wildman–Crippen LogP) is 5.11. The third-order valence-corrected chi connectivity index (χ3v) is 5.78. The predicted molar refractivity (Wildman–Crippen MR) is 118 cm³/mol. The second-order valence-electron chi connectivity index (χ2n) is 8.15. The van der Waals surface area contributed by atoms with Gasteiger partial charge in [0.1, 0.15) is 11.4 Å². The molecule has 0 N–H and O–H groups in total. The molecule has 1 saturated heterocycles. The van der Waals surface area contributed by atoms with Gasteiger partial charge >= 0.3 is 6.36 Å². The molecule has 35 heavy (non-hydrogen) atoms. The van der Waals surface area contributed by atoms with Gasteiger partial charge in [-0.15, -0.1) is 13.2 Å². The Morgan fingerprint density at radius 3 is 2.66 bits per heavy atom. The summed E-state index contributed by atoms with van der Waals surface area (Å²) in [5, 5.41) is 12.3. The van der Waals surface area contributed by atoms with E-state index in [-0.39, 0.29) is 22.9 Å². The van der Waals surface area contributed by atoms with E-state index in [1.54, 1.807) is 29.2 Å². The first-order chi connectivity index (χ1) is 16.8. The van der Waals surface area contributed by atoms with E-state index in [1.165, 1.54) is 35.4 Å². The van der Waals surface area contributed by atoms with Gasteiger partial charge in [0.25, 0.3) is 5.91 Å². The van der Waals surface area contributed by atoms with Crippen molar-refractivity contribution in [1.82, 2.24) is 25.1 Å². The van der Waals surface area contributed by atoms with Crippen LogP contribution in [0, 0.1) is 6.92 Å². The number of hydrogen-bond donors (Lipinski definition) is 0. The van der Waals surface area contributed by atoms with Crippen molar-refractivity contribution in [1.29, 1.82) is 0 Å². The number of carbonyl (C=O) groups is 1. The molecule has 180 valence electrons. The SMILES string of the molecule is Cc1ccc(-n2nccn2)c(C(=O)N2CCC[C@H]2c2cc(-c3ccccc3OC(F)(F)F)no2)c1. The lowest BCUT2D eigenvalue weighted by atomic mass is 10.1. The van der Waals surface area contributed by atoms with Crippen molar-refractivity contribution in [2.24, 2.45) is 0 Å². The summed E-state index contributed by atoms with van der Waals surface area (Å²) in [6.07, 6.45) is -0.414. The Kier molecular flexibility index (Phi) is 5.75. The van der Waals surface area contributed by atoms with Gasteiger partial charge in [-0.1, -0.05) is 28.9 Å². The number of nitrogens with zero attached hydrogens (tertiary/aromatic N) is 5. The van der Waals surface area contributed by atoms with Crippen LogP contribution in [0.3, 0.4) is 0 Å². The minimum Gasteiger partial charge on any atom is -0.405 e. The van der Waals surface area contributed by atoms with Crippen LogP contribution in [-0.2, 0) is 0 Å². The third kappa shape index (κ3) is 4.61. The van der Waals surface area contributed by atoms with Gasteiger partial charge in [0.2, 0.25) is 0 Å². The molecule has 11 heteroatoms. The average molecular weight is 483 g/mol. The fourth-order valence-electron chi connectivity index (χ4n) is 4.26. The number of carbonyl (C=O) groups excluding carboxylic acids is 1. The van der Waals surface area contributed by atoms with Crippen LogP contribution in [0.15, 0.2) is 65.4 Å². The van der Waals surface area contributed by atoms with Gasteiger partial charge in [-0.2, -0.15) is 15.0 Å². The summed E-state index contributed by atoms with van der Waals surface area (Å²) < 4.78 is 48.2. The van der Waals surface area contributed by atoms with Crippen molar-refractivity contribution < 1.29 is 27.2 Å². The number of aryl methyl sites for hydroxylation is 1. The Bertz CT molecular complexity index is 1350. The van der Waals surface area contributed by atoms with Crippen LogP contribution < -0.4 is 4.74 Å². The van der Waals surface area contributed by atoms with Gasteiger partial charge in [0.05, 0.1) is 29.7 Å². The number of hydrogen-bond acceptors (Lipinski definition) is 6. The minimum atomic E-state index is -4.84. The van der Waals surface area contributed by atoms with Crippen molar-refractivity contribution in [2.75, 3.05) is 6.54 Å². The molecule has 2 aromatic carbocycles. The van der Waals surface area contributed by atoms with E-state index in [2.05, 4.69) is 20.1 Å². The van der Waals surface area contributed by atoms with Crippen LogP contribution in [-0.4, -0.2) is 43.9 Å². The number of benzene rings is 2. The fourth-order valence-corrected chi connectivity index (χ4v) is 4.26. The van der Waals surface area contributed by atoms with Crippen LogP contribution in [0.1, 0.15) is 40.6 Å². The number of para-hydroxylation sites is 1. The Morgan fingerprint density at radius 1 is 1.11 bits per heavy atom. The quantitative estimate of drug-likeness (QED) is 0.392. The standard InChI is InChI=1S/C24H20F3N5O3/c1-15-8-9-19(32-28-10-11-29-32)17(13-15)23(33)31-12-4-6-20(31)22-14-18(30-35-22)16-5-2-3-7-21(16)34-24(25,26)27/h2-3,5,7-11,13-14,20H,4,6,12H2,1H3/t20-/m0/s1. The molecule has 5 rings (SSSR count). The monoisotopic (exact) mass is 483 g/mol. The topological polar surface area (TPSA) is 86.3 Å². The van der Waals surface area contributed by atoms with Gasteiger partial charge in [-0.3, -0.25) is 4.79 Å². The molecule has 8 nitrogen and oxygen atoms in total. The second kappa shape index (κ2) is 8.90. The van der Waals surface area contributed by atoms with Crippen LogP contribution in [0.25, 0.3) is 16.9 Å². The van der Waals surface area contributed by atoms with Crippen molar-refractivity contribution in [3.63, 3.8) is 0 Å². The molecule has 0 aliphatic carbocycles. The molecular formula is C24H20F3N5O3. The van der Waals surface area contributed by atoms with Crippen LogP contribution in [0.5, 0.6) is 5.75 Å². The summed E-state index contributed by atoms with van der Waals surface area (Å²) >= 11 is 0. The highest BCUT2D eigenvalue weighted by molar-refractivity contribution is 5.98. The summed E-state index contributed by atoms with van der Waals surface area (Å²) in [5.41, 5.74) is 2.23. The molecule has 1 atom stereocenters. The molecule has 1 amide bonds. The molecule has 1 aliphatic rings. The number of rotatable bonds is 5. The van der Waals surface area contributed by atoms with Crippen molar-refractivity contribution in [2.45, 2.75) is 32.2 Å². The first-order valence-electron chi connectivity index (χ1n) is 10.9. The van der Waals surface area contributed by atoms with E-state index in [4.69, 9.17) is 4.52 Å². The van der Waals surface area contributed by atoms with Crippen LogP contribution in [0.2, 0.25) is 0 Å². The zero-order chi connectivity index (χ0) is 24.6. The molecule has 2 aromatic heterocycles. The van der Waals surface area contributed by atoms with E-state index in [9.17, 15) is 18.0 Å². The zero-order valence-corrected chi connectivity index (χ0v) is 18.6. The summed E-state index contributed by atoms with van der Waals surface area (Å²) in [5.74, 6) is -0.211. The van der Waals surface area contributed by atoms with Crippen molar-refractivity contribution in [3.8, 4) is 22.7 Å². The molecule has 3 heterocycles. The van der Waals surface area contributed by atoms with Gasteiger partial charge in [-0.05, 0) is 44.0 Å². The number of likely N-dealkylation sites (tertiary alicyclic amines) is 1. The summed E-state index contributed by atoms with van der Waals surface area (Å²) in [6.45, 7) is 2.38. The normalized spacial score (nSPS) is 16.0. The number of amides is 1. The zero-order valence-electron chi connectivity index (χ0n) is 18.6. The van der Waals surface area contributed by atoms with E-state index in [0.717, 1.165) is 12.0 Å². The smallest absolute Gasteiger partial charge is 0.405 e. The molecule has 1 fully saturated rings. The van der Waals surface area contributed by atoms with Gasteiger partial charge in [0.15, 0.2) is 5.76 Å². The lowest BCUT2D eigenvalue weighted by Crippen LogP contribution is -2.31. The number of halogens is 3. The summed E-state index contributed by atoms with van der Waals surface area (Å²) in [4.78, 5) is 16.7. The highest BCUT2D eigenvalue weighted by Crippen LogP contribution is 2.38.